The molecule has 0 aliphatic rings. The van der Waals surface area contributed by atoms with Gasteiger partial charge in [0, 0.05) is 13.5 Å². The van der Waals surface area contributed by atoms with E-state index in [4.69, 9.17) is 5.73 Å². The van der Waals surface area contributed by atoms with Crippen molar-refractivity contribution in [2.75, 3.05) is 13.1 Å². The Bertz CT molecular complexity index is 298. The molecule has 1 aromatic rings. The highest BCUT2D eigenvalue weighted by Crippen LogP contribution is 2.06. The van der Waals surface area contributed by atoms with Crippen molar-refractivity contribution in [3.05, 3.63) is 35.9 Å². The molecule has 1 aromatic carbocycles. The summed E-state index contributed by atoms with van der Waals surface area (Å²) in [7, 11) is 0. The molecule has 3 heteroatoms. The van der Waals surface area contributed by atoms with Crippen molar-refractivity contribution >= 4 is 5.91 Å². The monoisotopic (exact) mass is 206 g/mol. The number of hydrogen-bond donors (Lipinski definition) is 2. The molecule has 0 heterocycles. The van der Waals surface area contributed by atoms with Crippen molar-refractivity contribution < 1.29 is 4.79 Å². The molecule has 0 aliphatic carbocycles. The molecule has 0 bridgehead atoms. The second-order valence-corrected chi connectivity index (χ2v) is 3.73. The first-order valence-electron chi connectivity index (χ1n) is 5.20. The number of amides is 1. The summed E-state index contributed by atoms with van der Waals surface area (Å²) in [6.07, 6.45) is 0.914. The minimum Gasteiger partial charge on any atom is -0.356 e. The van der Waals surface area contributed by atoms with Gasteiger partial charge in [-0.1, -0.05) is 30.3 Å². The first-order valence-corrected chi connectivity index (χ1v) is 5.20. The molecule has 0 spiro atoms. The highest BCUT2D eigenvalue weighted by Gasteiger charge is 2.07. The van der Waals surface area contributed by atoms with E-state index in [2.05, 4.69) is 17.4 Å². The van der Waals surface area contributed by atoms with Crippen molar-refractivity contribution in [2.24, 2.45) is 11.7 Å². The zero-order valence-electron chi connectivity index (χ0n) is 9.07. The summed E-state index contributed by atoms with van der Waals surface area (Å²) in [6.45, 7) is 2.77. The Morgan fingerprint density at radius 1 is 1.40 bits per heavy atom. The maximum atomic E-state index is 10.8. The van der Waals surface area contributed by atoms with Crippen molar-refractivity contribution in [3.8, 4) is 0 Å². The Kier molecular flexibility index (Phi) is 4.84. The highest BCUT2D eigenvalue weighted by atomic mass is 16.1. The number of nitrogens with two attached hydrogens (primary N) is 1. The van der Waals surface area contributed by atoms with Gasteiger partial charge in [0.05, 0.1) is 0 Å². The number of nitrogens with one attached hydrogen (secondary N) is 1. The molecule has 0 saturated heterocycles. The standard InChI is InChI=1S/C12H18N2O/c1-10(15)14-9-12(8-13)7-11-5-3-2-4-6-11/h2-6,12H,7-9,13H2,1H3,(H,14,15). The van der Waals surface area contributed by atoms with Crippen LogP contribution in [0.5, 0.6) is 0 Å². The van der Waals surface area contributed by atoms with Gasteiger partial charge in [-0.2, -0.15) is 0 Å². The fourth-order valence-corrected chi connectivity index (χ4v) is 1.47. The van der Waals surface area contributed by atoms with Crippen molar-refractivity contribution in [1.82, 2.24) is 5.32 Å². The quantitative estimate of drug-likeness (QED) is 0.753. The summed E-state index contributed by atoms with van der Waals surface area (Å²) in [5.41, 5.74) is 6.92. The van der Waals surface area contributed by atoms with Crippen LogP contribution in [0, 0.1) is 5.92 Å². The van der Waals surface area contributed by atoms with Crippen molar-refractivity contribution in [2.45, 2.75) is 13.3 Å². The number of carbonyl (C=O) groups is 1. The van der Waals surface area contributed by atoms with Crippen LogP contribution < -0.4 is 11.1 Å². The molecule has 82 valence electrons. The van der Waals surface area contributed by atoms with E-state index in [0.717, 1.165) is 6.42 Å². The summed E-state index contributed by atoms with van der Waals surface area (Å²) in [5.74, 6) is 0.317. The normalized spacial score (nSPS) is 12.1. The summed E-state index contributed by atoms with van der Waals surface area (Å²) in [6, 6.07) is 10.2. The fraction of sp³-hybridized carbons (Fsp3) is 0.417. The minimum atomic E-state index is 0.00140. The Balaban J connectivity index is 2.43. The minimum absolute atomic E-state index is 0.00140. The molecule has 0 fully saturated rings. The van der Waals surface area contributed by atoms with E-state index in [9.17, 15) is 4.79 Å². The summed E-state index contributed by atoms with van der Waals surface area (Å²) in [4.78, 5) is 10.8. The van der Waals surface area contributed by atoms with Crippen LogP contribution in [0.1, 0.15) is 12.5 Å². The Morgan fingerprint density at radius 3 is 2.60 bits per heavy atom. The third-order valence-corrected chi connectivity index (χ3v) is 2.34. The van der Waals surface area contributed by atoms with Crippen LogP contribution in [-0.4, -0.2) is 19.0 Å². The second kappa shape index (κ2) is 6.19. The van der Waals surface area contributed by atoms with Gasteiger partial charge < -0.3 is 11.1 Å². The largest absolute Gasteiger partial charge is 0.356 e. The lowest BCUT2D eigenvalue weighted by atomic mass is 9.99. The maximum absolute atomic E-state index is 10.8. The van der Waals surface area contributed by atoms with Crippen LogP contribution in [0.4, 0.5) is 0 Å². The Morgan fingerprint density at radius 2 is 2.07 bits per heavy atom. The molecule has 1 rings (SSSR count). The van der Waals surface area contributed by atoms with Crippen molar-refractivity contribution in [3.63, 3.8) is 0 Å². The number of rotatable bonds is 5. The van der Waals surface area contributed by atoms with Gasteiger partial charge in [0.15, 0.2) is 0 Å². The lowest BCUT2D eigenvalue weighted by molar-refractivity contribution is -0.119. The van der Waals surface area contributed by atoms with Crippen LogP contribution in [0.3, 0.4) is 0 Å². The van der Waals surface area contributed by atoms with Gasteiger partial charge in [-0.15, -0.1) is 0 Å². The summed E-state index contributed by atoms with van der Waals surface area (Å²) < 4.78 is 0. The van der Waals surface area contributed by atoms with Gasteiger partial charge in [0.2, 0.25) is 5.91 Å². The molecule has 0 aliphatic heterocycles. The van der Waals surface area contributed by atoms with Gasteiger partial charge in [0.25, 0.3) is 0 Å². The smallest absolute Gasteiger partial charge is 0.216 e. The second-order valence-electron chi connectivity index (χ2n) is 3.73. The van der Waals surface area contributed by atoms with E-state index in [-0.39, 0.29) is 5.91 Å². The SMILES string of the molecule is CC(=O)NCC(CN)Cc1ccccc1. The van der Waals surface area contributed by atoms with E-state index < -0.39 is 0 Å². The third kappa shape index (κ3) is 4.61. The van der Waals surface area contributed by atoms with Crippen LogP contribution in [0.2, 0.25) is 0 Å². The van der Waals surface area contributed by atoms with E-state index in [1.165, 1.54) is 12.5 Å². The van der Waals surface area contributed by atoms with Crippen molar-refractivity contribution in [1.29, 1.82) is 0 Å². The van der Waals surface area contributed by atoms with Gasteiger partial charge in [-0.25, -0.2) is 0 Å². The van der Waals surface area contributed by atoms with Crippen LogP contribution in [-0.2, 0) is 11.2 Å². The number of hydrogen-bond acceptors (Lipinski definition) is 2. The summed E-state index contributed by atoms with van der Waals surface area (Å²) in [5, 5.41) is 2.80. The van der Waals surface area contributed by atoms with Gasteiger partial charge >= 0.3 is 0 Å². The molecule has 0 radical (unpaired) electrons. The number of carbonyl (C=O) groups excluding carboxylic acids is 1. The third-order valence-electron chi connectivity index (χ3n) is 2.34. The Labute approximate surface area is 90.7 Å². The van der Waals surface area contributed by atoms with Gasteiger partial charge in [0.1, 0.15) is 0 Å². The van der Waals surface area contributed by atoms with Gasteiger partial charge in [-0.05, 0) is 24.4 Å². The molecule has 3 N–H and O–H groups in total. The molecule has 1 amide bonds. The molecular weight excluding hydrogens is 188 g/mol. The van der Waals surface area contributed by atoms with Crippen LogP contribution >= 0.6 is 0 Å². The molecule has 1 unspecified atom stereocenters. The van der Waals surface area contributed by atoms with Crippen LogP contribution in [0.25, 0.3) is 0 Å². The fourth-order valence-electron chi connectivity index (χ4n) is 1.47. The van der Waals surface area contributed by atoms with E-state index in [0.29, 0.717) is 19.0 Å². The summed E-state index contributed by atoms with van der Waals surface area (Å²) >= 11 is 0. The zero-order chi connectivity index (χ0) is 11.1. The van der Waals surface area contributed by atoms with Crippen LogP contribution in [0.15, 0.2) is 30.3 Å². The predicted octanol–water partition coefficient (Wildman–Crippen LogP) is 0.940. The number of benzene rings is 1. The lowest BCUT2D eigenvalue weighted by Gasteiger charge is -2.14. The van der Waals surface area contributed by atoms with E-state index in [1.54, 1.807) is 0 Å². The maximum Gasteiger partial charge on any atom is 0.216 e. The first-order chi connectivity index (χ1) is 7.22. The molecule has 0 saturated carbocycles. The molecule has 15 heavy (non-hydrogen) atoms. The first kappa shape index (κ1) is 11.7. The highest BCUT2D eigenvalue weighted by molar-refractivity contribution is 5.72. The molecule has 3 nitrogen and oxygen atoms in total. The van der Waals surface area contributed by atoms with E-state index in [1.807, 2.05) is 18.2 Å². The van der Waals surface area contributed by atoms with Gasteiger partial charge in [-0.3, -0.25) is 4.79 Å². The average molecular weight is 206 g/mol. The lowest BCUT2D eigenvalue weighted by Crippen LogP contribution is -2.32. The molecule has 1 atom stereocenters. The average Bonchev–Trinajstić information content (AvgIpc) is 2.25. The predicted molar refractivity (Wildman–Crippen MR) is 61.4 cm³/mol. The zero-order valence-corrected chi connectivity index (χ0v) is 9.07. The van der Waals surface area contributed by atoms with E-state index >= 15 is 0 Å². The topological polar surface area (TPSA) is 55.1 Å². The molecule has 0 aromatic heterocycles. The Hall–Kier alpha value is -1.35. The molecular formula is C12H18N2O.